The van der Waals surface area contributed by atoms with E-state index in [0.29, 0.717) is 19.5 Å². The number of hydrogen-bond donors (Lipinski definition) is 0. The van der Waals surface area contributed by atoms with Crippen molar-refractivity contribution in [2.75, 3.05) is 13.4 Å². The minimum absolute atomic E-state index is 0.0956. The molecular formula is C15H20O3. The van der Waals surface area contributed by atoms with E-state index in [0.717, 1.165) is 18.6 Å². The largest absolute Gasteiger partial charge is 0.373 e. The fourth-order valence-corrected chi connectivity index (χ4v) is 1.75. The second-order valence-corrected chi connectivity index (χ2v) is 4.37. The van der Waals surface area contributed by atoms with Crippen molar-refractivity contribution in [3.05, 3.63) is 48.0 Å². The first-order valence-electron chi connectivity index (χ1n) is 6.36. The van der Waals surface area contributed by atoms with Gasteiger partial charge in [0.2, 0.25) is 0 Å². The van der Waals surface area contributed by atoms with Crippen molar-refractivity contribution in [2.24, 2.45) is 0 Å². The fraction of sp³-hybridized carbons (Fsp3) is 0.467. The van der Waals surface area contributed by atoms with Crippen LogP contribution in [0.15, 0.2) is 42.5 Å². The Kier molecular flexibility index (Phi) is 5.39. The zero-order chi connectivity index (χ0) is 12.6. The van der Waals surface area contributed by atoms with Crippen LogP contribution in [-0.4, -0.2) is 25.6 Å². The predicted molar refractivity (Wildman–Crippen MR) is 70.1 cm³/mol. The zero-order valence-corrected chi connectivity index (χ0v) is 10.7. The van der Waals surface area contributed by atoms with Crippen LogP contribution in [0.3, 0.4) is 0 Å². The van der Waals surface area contributed by atoms with Gasteiger partial charge in [-0.25, -0.2) is 0 Å². The molecule has 2 rings (SSSR count). The number of rotatable bonds is 8. The van der Waals surface area contributed by atoms with Crippen LogP contribution in [0.5, 0.6) is 0 Å². The van der Waals surface area contributed by atoms with E-state index in [4.69, 9.17) is 14.2 Å². The molecule has 1 aromatic carbocycles. The quantitative estimate of drug-likeness (QED) is 0.307. The third kappa shape index (κ3) is 5.00. The molecule has 0 saturated carbocycles. The summed E-state index contributed by atoms with van der Waals surface area (Å²) in [6.07, 6.45) is 5.44. The summed E-state index contributed by atoms with van der Waals surface area (Å²) in [5.41, 5.74) is 1.16. The monoisotopic (exact) mass is 248 g/mol. The summed E-state index contributed by atoms with van der Waals surface area (Å²) in [4.78, 5) is 0. The minimum Gasteiger partial charge on any atom is -0.373 e. The lowest BCUT2D eigenvalue weighted by Gasteiger charge is -2.13. The average Bonchev–Trinajstić information content (AvgIpc) is 3.20. The van der Waals surface area contributed by atoms with E-state index in [1.807, 2.05) is 49.4 Å². The highest BCUT2D eigenvalue weighted by atomic mass is 16.7. The van der Waals surface area contributed by atoms with Crippen molar-refractivity contribution in [3.63, 3.8) is 0 Å². The summed E-state index contributed by atoms with van der Waals surface area (Å²) in [5.74, 6) is 0. The molecule has 2 atom stereocenters. The van der Waals surface area contributed by atoms with Gasteiger partial charge >= 0.3 is 0 Å². The molecule has 0 spiro atoms. The Morgan fingerprint density at radius 1 is 1.39 bits per heavy atom. The zero-order valence-electron chi connectivity index (χ0n) is 10.7. The molecule has 0 amide bonds. The van der Waals surface area contributed by atoms with Gasteiger partial charge in [0.1, 0.15) is 6.79 Å². The third-order valence-electron chi connectivity index (χ3n) is 2.78. The Bertz CT molecular complexity index is 357. The molecule has 0 N–H and O–H groups in total. The maximum absolute atomic E-state index is 5.67. The van der Waals surface area contributed by atoms with E-state index in [9.17, 15) is 0 Å². The van der Waals surface area contributed by atoms with E-state index in [1.54, 1.807) is 0 Å². The summed E-state index contributed by atoms with van der Waals surface area (Å²) in [6, 6.07) is 10.1. The van der Waals surface area contributed by atoms with Crippen molar-refractivity contribution in [2.45, 2.75) is 32.2 Å². The molecule has 3 heteroatoms. The number of benzene rings is 1. The maximum Gasteiger partial charge on any atom is 0.147 e. The molecule has 0 aliphatic carbocycles. The molecule has 18 heavy (non-hydrogen) atoms. The summed E-state index contributed by atoms with van der Waals surface area (Å²) < 4.78 is 16.4. The van der Waals surface area contributed by atoms with Gasteiger partial charge in [0.15, 0.2) is 0 Å². The summed E-state index contributed by atoms with van der Waals surface area (Å²) in [5, 5.41) is 0. The van der Waals surface area contributed by atoms with E-state index >= 15 is 0 Å². The van der Waals surface area contributed by atoms with Crippen molar-refractivity contribution < 1.29 is 14.2 Å². The number of hydrogen-bond acceptors (Lipinski definition) is 3. The standard InChI is InChI=1S/C15H20O3/c1-2-6-14(9-15-11-17-15)18-12-16-10-13-7-4-3-5-8-13/h2-8,14-15H,9-12H2,1H3/b6-2+/t14-,15-/m0/s1. The lowest BCUT2D eigenvalue weighted by atomic mass is 10.2. The first-order valence-corrected chi connectivity index (χ1v) is 6.36. The lowest BCUT2D eigenvalue weighted by Crippen LogP contribution is -2.15. The Labute approximate surface area is 108 Å². The second kappa shape index (κ2) is 7.31. The highest BCUT2D eigenvalue weighted by Crippen LogP contribution is 2.18. The Balaban J connectivity index is 1.63. The molecule has 0 bridgehead atoms. The summed E-state index contributed by atoms with van der Waals surface area (Å²) >= 11 is 0. The molecule has 1 heterocycles. The van der Waals surface area contributed by atoms with Crippen LogP contribution < -0.4 is 0 Å². The summed E-state index contributed by atoms with van der Waals surface area (Å²) in [7, 11) is 0. The molecule has 0 aromatic heterocycles. The lowest BCUT2D eigenvalue weighted by molar-refractivity contribution is -0.0851. The second-order valence-electron chi connectivity index (χ2n) is 4.37. The Hall–Kier alpha value is -1.16. The van der Waals surface area contributed by atoms with Crippen LogP contribution in [0, 0.1) is 0 Å². The predicted octanol–water partition coefficient (Wildman–Crippen LogP) is 2.91. The van der Waals surface area contributed by atoms with E-state index < -0.39 is 0 Å². The molecule has 1 aliphatic heterocycles. The average molecular weight is 248 g/mol. The molecule has 3 nitrogen and oxygen atoms in total. The Morgan fingerprint density at radius 2 is 2.17 bits per heavy atom. The van der Waals surface area contributed by atoms with Gasteiger partial charge in [-0.05, 0) is 12.5 Å². The number of allylic oxidation sites excluding steroid dienone is 1. The van der Waals surface area contributed by atoms with Gasteiger partial charge in [-0.15, -0.1) is 0 Å². The van der Waals surface area contributed by atoms with Gasteiger partial charge in [-0.3, -0.25) is 0 Å². The van der Waals surface area contributed by atoms with Crippen LogP contribution in [0.4, 0.5) is 0 Å². The van der Waals surface area contributed by atoms with Gasteiger partial charge in [0.25, 0.3) is 0 Å². The molecule has 1 aromatic rings. The van der Waals surface area contributed by atoms with E-state index in [1.165, 1.54) is 0 Å². The Morgan fingerprint density at radius 3 is 2.83 bits per heavy atom. The molecule has 1 aliphatic rings. The van der Waals surface area contributed by atoms with Crippen LogP contribution in [0.25, 0.3) is 0 Å². The van der Waals surface area contributed by atoms with Crippen LogP contribution in [0.1, 0.15) is 18.9 Å². The molecule has 1 saturated heterocycles. The van der Waals surface area contributed by atoms with Crippen LogP contribution >= 0.6 is 0 Å². The van der Waals surface area contributed by atoms with Gasteiger partial charge in [-0.1, -0.05) is 42.5 Å². The first kappa shape index (κ1) is 13.3. The molecule has 0 radical (unpaired) electrons. The SMILES string of the molecule is C/C=C/[C@@H](C[C@H]1CO1)OCOCc1ccccc1. The van der Waals surface area contributed by atoms with Gasteiger partial charge in [0, 0.05) is 6.42 Å². The highest BCUT2D eigenvalue weighted by molar-refractivity contribution is 5.13. The molecular weight excluding hydrogens is 228 g/mol. The van der Waals surface area contributed by atoms with E-state index in [2.05, 4.69) is 0 Å². The van der Waals surface area contributed by atoms with Crippen molar-refractivity contribution in [1.29, 1.82) is 0 Å². The molecule has 98 valence electrons. The van der Waals surface area contributed by atoms with Gasteiger partial charge in [0.05, 0.1) is 25.4 Å². The first-order chi connectivity index (χ1) is 8.88. The van der Waals surface area contributed by atoms with Crippen LogP contribution in [-0.2, 0) is 20.8 Å². The van der Waals surface area contributed by atoms with Crippen molar-refractivity contribution >= 4 is 0 Å². The summed E-state index contributed by atoms with van der Waals surface area (Å²) in [6.45, 7) is 3.76. The molecule has 1 fully saturated rings. The fourth-order valence-electron chi connectivity index (χ4n) is 1.75. The third-order valence-corrected chi connectivity index (χ3v) is 2.78. The highest BCUT2D eigenvalue weighted by Gasteiger charge is 2.25. The van der Waals surface area contributed by atoms with Crippen LogP contribution in [0.2, 0.25) is 0 Å². The minimum atomic E-state index is 0.0956. The van der Waals surface area contributed by atoms with Crippen molar-refractivity contribution in [3.8, 4) is 0 Å². The number of epoxide rings is 1. The van der Waals surface area contributed by atoms with Gasteiger partial charge in [-0.2, -0.15) is 0 Å². The normalized spacial score (nSPS) is 20.2. The van der Waals surface area contributed by atoms with Gasteiger partial charge < -0.3 is 14.2 Å². The maximum atomic E-state index is 5.67. The smallest absolute Gasteiger partial charge is 0.147 e. The molecule has 0 unspecified atom stereocenters. The number of ether oxygens (including phenoxy) is 3. The van der Waals surface area contributed by atoms with Crippen molar-refractivity contribution in [1.82, 2.24) is 0 Å². The van der Waals surface area contributed by atoms with E-state index in [-0.39, 0.29) is 6.10 Å². The topological polar surface area (TPSA) is 31.0 Å².